The van der Waals surface area contributed by atoms with Crippen molar-refractivity contribution in [1.82, 2.24) is 5.32 Å². The van der Waals surface area contributed by atoms with Gasteiger partial charge in [-0.25, -0.2) is 8.78 Å². The standard InChI is InChI=1S/C12H17F2NO2/c1-2-9(16)6-15-7-12(17)10-4-3-8(13)5-11(10)14/h3-5,9,12,15-17H,2,6-7H2,1H3. The molecule has 2 unspecified atom stereocenters. The summed E-state index contributed by atoms with van der Waals surface area (Å²) in [5.41, 5.74) is 0.0462. The van der Waals surface area contributed by atoms with Gasteiger partial charge in [-0.3, -0.25) is 0 Å². The zero-order valence-corrected chi connectivity index (χ0v) is 9.66. The minimum atomic E-state index is -1.06. The van der Waals surface area contributed by atoms with E-state index >= 15 is 0 Å². The molecule has 0 aliphatic carbocycles. The number of aliphatic hydroxyl groups is 2. The highest BCUT2D eigenvalue weighted by Gasteiger charge is 2.13. The van der Waals surface area contributed by atoms with Crippen molar-refractivity contribution in [3.8, 4) is 0 Å². The lowest BCUT2D eigenvalue weighted by molar-refractivity contribution is 0.142. The van der Waals surface area contributed by atoms with E-state index in [4.69, 9.17) is 0 Å². The zero-order chi connectivity index (χ0) is 12.8. The van der Waals surface area contributed by atoms with Crippen molar-refractivity contribution in [2.24, 2.45) is 0 Å². The van der Waals surface area contributed by atoms with E-state index in [1.807, 2.05) is 6.92 Å². The number of benzene rings is 1. The third-order valence-electron chi connectivity index (χ3n) is 2.51. The van der Waals surface area contributed by atoms with Crippen LogP contribution in [0.2, 0.25) is 0 Å². The summed E-state index contributed by atoms with van der Waals surface area (Å²) in [6.45, 7) is 2.28. The average molecular weight is 245 g/mol. The van der Waals surface area contributed by atoms with Gasteiger partial charge in [0.2, 0.25) is 0 Å². The molecule has 0 aliphatic heterocycles. The third kappa shape index (κ3) is 4.38. The molecule has 0 heterocycles. The first-order valence-corrected chi connectivity index (χ1v) is 5.56. The molecule has 5 heteroatoms. The minimum Gasteiger partial charge on any atom is -0.392 e. The van der Waals surface area contributed by atoms with Gasteiger partial charge in [-0.2, -0.15) is 0 Å². The molecule has 0 saturated heterocycles. The van der Waals surface area contributed by atoms with Crippen LogP contribution in [-0.4, -0.2) is 29.4 Å². The van der Waals surface area contributed by atoms with E-state index in [1.54, 1.807) is 0 Å². The highest BCUT2D eigenvalue weighted by Crippen LogP contribution is 2.17. The van der Waals surface area contributed by atoms with E-state index in [0.29, 0.717) is 13.0 Å². The smallest absolute Gasteiger partial charge is 0.131 e. The molecule has 1 aromatic carbocycles. The number of halogens is 2. The summed E-state index contributed by atoms with van der Waals surface area (Å²) in [6.07, 6.45) is -0.937. The van der Waals surface area contributed by atoms with Crippen LogP contribution in [0.15, 0.2) is 18.2 Å². The van der Waals surface area contributed by atoms with E-state index in [2.05, 4.69) is 5.32 Å². The average Bonchev–Trinajstić information content (AvgIpc) is 2.28. The fourth-order valence-corrected chi connectivity index (χ4v) is 1.41. The molecule has 17 heavy (non-hydrogen) atoms. The highest BCUT2D eigenvalue weighted by molar-refractivity contribution is 5.21. The summed E-state index contributed by atoms with van der Waals surface area (Å²) in [5, 5.41) is 21.8. The second-order valence-electron chi connectivity index (χ2n) is 3.90. The number of rotatable bonds is 6. The lowest BCUT2D eigenvalue weighted by atomic mass is 10.1. The van der Waals surface area contributed by atoms with Gasteiger partial charge < -0.3 is 15.5 Å². The first-order valence-electron chi connectivity index (χ1n) is 5.56. The summed E-state index contributed by atoms with van der Waals surface area (Å²) in [7, 11) is 0. The van der Waals surface area contributed by atoms with Crippen molar-refractivity contribution in [2.45, 2.75) is 25.6 Å². The van der Waals surface area contributed by atoms with Gasteiger partial charge in [-0.05, 0) is 12.5 Å². The fraction of sp³-hybridized carbons (Fsp3) is 0.500. The summed E-state index contributed by atoms with van der Waals surface area (Å²) in [4.78, 5) is 0. The van der Waals surface area contributed by atoms with E-state index in [-0.39, 0.29) is 12.1 Å². The molecule has 2 atom stereocenters. The molecule has 0 aromatic heterocycles. The van der Waals surface area contributed by atoms with Crippen molar-refractivity contribution in [3.05, 3.63) is 35.4 Å². The molecular weight excluding hydrogens is 228 g/mol. The first kappa shape index (κ1) is 14.0. The molecule has 0 bridgehead atoms. The van der Waals surface area contributed by atoms with Crippen LogP contribution in [0.3, 0.4) is 0 Å². The summed E-state index contributed by atoms with van der Waals surface area (Å²) < 4.78 is 25.9. The molecule has 0 aliphatic rings. The maximum Gasteiger partial charge on any atom is 0.131 e. The van der Waals surface area contributed by atoms with E-state index in [0.717, 1.165) is 12.1 Å². The van der Waals surface area contributed by atoms with Crippen LogP contribution in [0.25, 0.3) is 0 Å². The van der Waals surface area contributed by atoms with Gasteiger partial charge in [-0.1, -0.05) is 13.0 Å². The largest absolute Gasteiger partial charge is 0.392 e. The van der Waals surface area contributed by atoms with Crippen molar-refractivity contribution in [3.63, 3.8) is 0 Å². The van der Waals surface area contributed by atoms with Crippen molar-refractivity contribution in [1.29, 1.82) is 0 Å². The zero-order valence-electron chi connectivity index (χ0n) is 9.66. The molecule has 1 rings (SSSR count). The van der Waals surface area contributed by atoms with Crippen LogP contribution in [0.4, 0.5) is 8.78 Å². The molecule has 0 spiro atoms. The molecule has 1 aromatic rings. The highest BCUT2D eigenvalue weighted by atomic mass is 19.1. The Morgan fingerprint density at radius 2 is 1.94 bits per heavy atom. The fourth-order valence-electron chi connectivity index (χ4n) is 1.41. The summed E-state index contributed by atoms with van der Waals surface area (Å²) >= 11 is 0. The molecule has 0 amide bonds. The minimum absolute atomic E-state index is 0.0462. The normalized spacial score (nSPS) is 14.6. The monoisotopic (exact) mass is 245 g/mol. The molecule has 96 valence electrons. The Morgan fingerprint density at radius 3 is 2.53 bits per heavy atom. The molecule has 0 saturated carbocycles. The number of hydrogen-bond acceptors (Lipinski definition) is 3. The maximum absolute atomic E-state index is 13.3. The van der Waals surface area contributed by atoms with E-state index in [9.17, 15) is 19.0 Å². The lowest BCUT2D eigenvalue weighted by Gasteiger charge is -2.14. The lowest BCUT2D eigenvalue weighted by Crippen LogP contribution is -2.30. The van der Waals surface area contributed by atoms with Crippen molar-refractivity contribution < 1.29 is 19.0 Å². The van der Waals surface area contributed by atoms with Crippen LogP contribution in [0, 0.1) is 11.6 Å². The van der Waals surface area contributed by atoms with Crippen molar-refractivity contribution in [2.75, 3.05) is 13.1 Å². The quantitative estimate of drug-likeness (QED) is 0.709. The van der Waals surface area contributed by atoms with Crippen LogP contribution < -0.4 is 5.32 Å². The number of hydrogen-bond donors (Lipinski definition) is 3. The first-order chi connectivity index (χ1) is 8.04. The van der Waals surface area contributed by atoms with Gasteiger partial charge in [0, 0.05) is 24.7 Å². The van der Waals surface area contributed by atoms with Gasteiger partial charge in [0.25, 0.3) is 0 Å². The maximum atomic E-state index is 13.3. The molecular formula is C12H17F2NO2. The third-order valence-corrected chi connectivity index (χ3v) is 2.51. The van der Waals surface area contributed by atoms with Gasteiger partial charge in [0.15, 0.2) is 0 Å². The van der Waals surface area contributed by atoms with Crippen LogP contribution in [0.5, 0.6) is 0 Å². The van der Waals surface area contributed by atoms with Gasteiger partial charge in [0.1, 0.15) is 11.6 Å². The Morgan fingerprint density at radius 1 is 1.24 bits per heavy atom. The van der Waals surface area contributed by atoms with E-state index < -0.39 is 23.8 Å². The summed E-state index contributed by atoms with van der Waals surface area (Å²) in [5.74, 6) is -1.44. The molecule has 0 radical (unpaired) electrons. The van der Waals surface area contributed by atoms with Crippen molar-refractivity contribution >= 4 is 0 Å². The van der Waals surface area contributed by atoms with Gasteiger partial charge >= 0.3 is 0 Å². The number of nitrogens with one attached hydrogen (secondary N) is 1. The molecule has 3 nitrogen and oxygen atoms in total. The van der Waals surface area contributed by atoms with Crippen LogP contribution >= 0.6 is 0 Å². The van der Waals surface area contributed by atoms with Crippen LogP contribution in [0.1, 0.15) is 25.0 Å². The predicted molar refractivity (Wildman–Crippen MR) is 60.5 cm³/mol. The Bertz CT molecular complexity index is 360. The topological polar surface area (TPSA) is 52.5 Å². The predicted octanol–water partition coefficient (Wildman–Crippen LogP) is 1.36. The summed E-state index contributed by atoms with van der Waals surface area (Å²) in [6, 6.07) is 3.05. The Balaban J connectivity index is 2.49. The number of aliphatic hydroxyl groups excluding tert-OH is 2. The van der Waals surface area contributed by atoms with Crippen LogP contribution in [-0.2, 0) is 0 Å². The molecule has 0 fully saturated rings. The SMILES string of the molecule is CCC(O)CNCC(O)c1ccc(F)cc1F. The molecule has 3 N–H and O–H groups in total. The second-order valence-corrected chi connectivity index (χ2v) is 3.90. The Kier molecular flexibility index (Phi) is 5.47. The Labute approximate surface area is 99.1 Å². The van der Waals surface area contributed by atoms with Gasteiger partial charge in [0.05, 0.1) is 12.2 Å². The second kappa shape index (κ2) is 6.64. The van der Waals surface area contributed by atoms with Gasteiger partial charge in [-0.15, -0.1) is 0 Å². The van der Waals surface area contributed by atoms with E-state index in [1.165, 1.54) is 6.07 Å². The Hall–Kier alpha value is -1.04.